The number of amides is 5. The molecule has 5 heterocycles. The molecule has 5 amide bonds. The van der Waals surface area contributed by atoms with Crippen LogP contribution in [0.2, 0.25) is 0 Å². The first-order valence-corrected chi connectivity index (χ1v) is 17.8. The number of ether oxygens (including phenoxy) is 1. The number of nitrogens with zero attached hydrogens (tertiary/aromatic N) is 6. The minimum Gasteiger partial charge on any atom is -0.490 e. The van der Waals surface area contributed by atoms with Gasteiger partial charge in [-0.25, -0.2) is 4.98 Å². The van der Waals surface area contributed by atoms with Crippen LogP contribution < -0.4 is 25.2 Å². The number of benzene rings is 2. The molecule has 53 heavy (non-hydrogen) atoms. The summed E-state index contributed by atoms with van der Waals surface area (Å²) in [6.07, 6.45) is 6.60. The van der Waals surface area contributed by atoms with Gasteiger partial charge in [0, 0.05) is 62.1 Å². The number of carbonyl (C=O) groups excluding carboxylic acids is 5. The third-order valence-electron chi connectivity index (χ3n) is 10.6. The lowest BCUT2D eigenvalue weighted by Gasteiger charge is -2.36. The van der Waals surface area contributed by atoms with Gasteiger partial charge in [0.2, 0.25) is 11.8 Å². The molecule has 4 aliphatic rings. The smallest absolute Gasteiger partial charge is 0.262 e. The highest BCUT2D eigenvalue weighted by atomic mass is 16.5. The van der Waals surface area contributed by atoms with Crippen LogP contribution >= 0.6 is 0 Å². The molecule has 4 aromatic rings. The molecule has 3 fully saturated rings. The van der Waals surface area contributed by atoms with Crippen molar-refractivity contribution in [3.63, 3.8) is 0 Å². The number of fused-ring (bicyclic) bond motifs is 2. The van der Waals surface area contributed by atoms with E-state index in [0.29, 0.717) is 48.6 Å². The molecule has 1 atom stereocenters. The standard InChI is InChI=1S/C39H36N8O6/c40-21-23-3-12-32(29-2-1-15-41-35(23)29)53-27-8-5-25(6-9-27)43-36(49)24-4-13-33(42-22-24)46-18-16-45(17-19-46)26-7-10-28-30(20-26)39(52)47(38(28)51)31-11-14-34(48)44-37(31)50/h1-4,7,10,12-13,15,20,22,25,27,31H,5-6,8-9,11,14,16-19H2,(H,43,49)(H,44,48,50)/t25-,27-,31?. The van der Waals surface area contributed by atoms with Gasteiger partial charge in [0.05, 0.1) is 33.9 Å². The highest BCUT2D eigenvalue weighted by molar-refractivity contribution is 6.23. The number of nitriles is 1. The van der Waals surface area contributed by atoms with E-state index in [2.05, 4.69) is 36.5 Å². The second kappa shape index (κ2) is 14.0. The first-order chi connectivity index (χ1) is 25.8. The lowest BCUT2D eigenvalue weighted by Crippen LogP contribution is -2.54. The normalized spacial score (nSPS) is 21.6. The first kappa shape index (κ1) is 33.8. The van der Waals surface area contributed by atoms with Crippen molar-refractivity contribution in [1.29, 1.82) is 5.26 Å². The number of hydrogen-bond acceptors (Lipinski definition) is 11. The highest BCUT2D eigenvalue weighted by Gasteiger charge is 2.44. The summed E-state index contributed by atoms with van der Waals surface area (Å²) in [5.41, 5.74) is 2.95. The van der Waals surface area contributed by atoms with Gasteiger partial charge in [-0.1, -0.05) is 0 Å². The molecular formula is C39H36N8O6. The van der Waals surface area contributed by atoms with Crippen molar-refractivity contribution in [3.8, 4) is 11.8 Å². The molecule has 14 nitrogen and oxygen atoms in total. The number of pyridine rings is 2. The summed E-state index contributed by atoms with van der Waals surface area (Å²) in [5.74, 6) is -0.780. The van der Waals surface area contributed by atoms with E-state index in [9.17, 15) is 29.2 Å². The van der Waals surface area contributed by atoms with E-state index in [1.54, 1.807) is 36.7 Å². The average molecular weight is 713 g/mol. The van der Waals surface area contributed by atoms with Gasteiger partial charge in [-0.05, 0) is 86.7 Å². The molecule has 2 aromatic heterocycles. The van der Waals surface area contributed by atoms with Gasteiger partial charge in [0.1, 0.15) is 23.7 Å². The Morgan fingerprint density at radius 3 is 2.38 bits per heavy atom. The van der Waals surface area contributed by atoms with Gasteiger partial charge in [-0.15, -0.1) is 0 Å². The fourth-order valence-corrected chi connectivity index (χ4v) is 7.67. The summed E-state index contributed by atoms with van der Waals surface area (Å²) >= 11 is 0. The third-order valence-corrected chi connectivity index (χ3v) is 10.6. The zero-order chi connectivity index (χ0) is 36.6. The zero-order valence-corrected chi connectivity index (χ0v) is 28.8. The molecule has 0 bridgehead atoms. The number of nitrogens with one attached hydrogen (secondary N) is 2. The van der Waals surface area contributed by atoms with Crippen molar-refractivity contribution in [3.05, 3.63) is 89.2 Å². The molecule has 14 heteroatoms. The van der Waals surface area contributed by atoms with Gasteiger partial charge in [-0.2, -0.15) is 5.26 Å². The van der Waals surface area contributed by atoms with Crippen LogP contribution in [-0.2, 0) is 9.59 Å². The summed E-state index contributed by atoms with van der Waals surface area (Å²) in [5, 5.41) is 15.6. The molecule has 0 radical (unpaired) electrons. The number of rotatable bonds is 7. The second-order valence-corrected chi connectivity index (χ2v) is 13.7. The van der Waals surface area contributed by atoms with E-state index >= 15 is 0 Å². The molecular weight excluding hydrogens is 676 g/mol. The number of piperidine rings is 1. The number of aromatic nitrogens is 2. The molecule has 1 saturated carbocycles. The van der Waals surface area contributed by atoms with E-state index in [1.165, 1.54) is 0 Å². The molecule has 2 saturated heterocycles. The lowest BCUT2D eigenvalue weighted by atomic mass is 9.92. The predicted octanol–water partition coefficient (Wildman–Crippen LogP) is 3.35. The Balaban J connectivity index is 0.823. The summed E-state index contributed by atoms with van der Waals surface area (Å²) in [6.45, 7) is 2.61. The van der Waals surface area contributed by atoms with E-state index in [1.807, 2.05) is 30.3 Å². The van der Waals surface area contributed by atoms with E-state index in [4.69, 9.17) is 4.74 Å². The van der Waals surface area contributed by atoms with Crippen molar-refractivity contribution in [1.82, 2.24) is 25.5 Å². The molecule has 3 aliphatic heterocycles. The molecule has 2 N–H and O–H groups in total. The van der Waals surface area contributed by atoms with Gasteiger partial charge in [0.25, 0.3) is 17.7 Å². The SMILES string of the molecule is N#Cc1ccc(O[C@H]2CC[C@H](NC(=O)c3ccc(N4CCN(c5ccc6c(c5)C(=O)N(C5CCC(=O)NC5=O)C6=O)CC4)nc3)CC2)c2cccnc12. The minimum atomic E-state index is -1.00. The van der Waals surface area contributed by atoms with E-state index < -0.39 is 29.7 Å². The Kier molecular flexibility index (Phi) is 8.91. The fourth-order valence-electron chi connectivity index (χ4n) is 7.67. The van der Waals surface area contributed by atoms with Crippen molar-refractivity contribution < 1.29 is 28.7 Å². The van der Waals surface area contributed by atoms with Crippen molar-refractivity contribution in [2.24, 2.45) is 0 Å². The highest BCUT2D eigenvalue weighted by Crippen LogP contribution is 2.33. The summed E-state index contributed by atoms with van der Waals surface area (Å²) in [6, 6.07) is 17.3. The number of carbonyl (C=O) groups is 5. The van der Waals surface area contributed by atoms with Crippen molar-refractivity contribution >= 4 is 51.9 Å². The topological polar surface area (TPSA) is 178 Å². The third kappa shape index (κ3) is 6.50. The Morgan fingerprint density at radius 1 is 0.868 bits per heavy atom. The van der Waals surface area contributed by atoms with Gasteiger partial charge in [0.15, 0.2) is 0 Å². The van der Waals surface area contributed by atoms with Crippen LogP contribution in [0.5, 0.6) is 5.75 Å². The lowest BCUT2D eigenvalue weighted by molar-refractivity contribution is -0.136. The predicted molar refractivity (Wildman–Crippen MR) is 192 cm³/mol. The summed E-state index contributed by atoms with van der Waals surface area (Å²) < 4.78 is 6.34. The van der Waals surface area contributed by atoms with Crippen LogP contribution in [0, 0.1) is 11.3 Å². The molecule has 2 aromatic carbocycles. The van der Waals surface area contributed by atoms with E-state index in [0.717, 1.165) is 47.5 Å². The molecule has 268 valence electrons. The van der Waals surface area contributed by atoms with Crippen LogP contribution in [-0.4, -0.2) is 88.8 Å². The Bertz CT molecular complexity index is 2180. The van der Waals surface area contributed by atoms with Gasteiger partial charge < -0.3 is 19.9 Å². The maximum atomic E-state index is 13.3. The first-order valence-electron chi connectivity index (χ1n) is 17.8. The average Bonchev–Trinajstić information content (AvgIpc) is 3.43. The zero-order valence-electron chi connectivity index (χ0n) is 28.8. The number of anilines is 2. The van der Waals surface area contributed by atoms with Crippen LogP contribution in [0.3, 0.4) is 0 Å². The Morgan fingerprint density at radius 2 is 1.64 bits per heavy atom. The minimum absolute atomic E-state index is 0.00523. The number of imide groups is 2. The van der Waals surface area contributed by atoms with Crippen LogP contribution in [0.15, 0.2) is 67.0 Å². The monoisotopic (exact) mass is 712 g/mol. The quantitative estimate of drug-likeness (QED) is 0.269. The van der Waals surface area contributed by atoms with Crippen LogP contribution in [0.4, 0.5) is 11.5 Å². The molecule has 1 aliphatic carbocycles. The fraction of sp³-hybridized carbons (Fsp3) is 0.333. The molecule has 1 unspecified atom stereocenters. The molecule has 0 spiro atoms. The van der Waals surface area contributed by atoms with Crippen LogP contribution in [0.1, 0.15) is 75.2 Å². The van der Waals surface area contributed by atoms with Gasteiger partial charge in [-0.3, -0.25) is 39.2 Å². The number of piperazine rings is 1. The van der Waals surface area contributed by atoms with E-state index in [-0.39, 0.29) is 42.0 Å². The summed E-state index contributed by atoms with van der Waals surface area (Å²) in [7, 11) is 0. The van der Waals surface area contributed by atoms with Crippen molar-refractivity contribution in [2.45, 2.75) is 56.7 Å². The van der Waals surface area contributed by atoms with Crippen LogP contribution in [0.25, 0.3) is 10.9 Å². The molecule has 8 rings (SSSR count). The summed E-state index contributed by atoms with van der Waals surface area (Å²) in [4.78, 5) is 77.7. The Labute approximate surface area is 304 Å². The largest absolute Gasteiger partial charge is 0.490 e. The maximum absolute atomic E-state index is 13.3. The second-order valence-electron chi connectivity index (χ2n) is 13.7. The maximum Gasteiger partial charge on any atom is 0.262 e. The number of hydrogen-bond donors (Lipinski definition) is 2. The van der Waals surface area contributed by atoms with Crippen molar-refractivity contribution in [2.75, 3.05) is 36.0 Å². The van der Waals surface area contributed by atoms with Gasteiger partial charge >= 0.3 is 0 Å². The Hall–Kier alpha value is -6.36.